The van der Waals surface area contributed by atoms with Crippen molar-refractivity contribution >= 4 is 16.5 Å². The van der Waals surface area contributed by atoms with Crippen molar-refractivity contribution in [2.24, 2.45) is 0 Å². The molecule has 1 fully saturated rings. The third-order valence-electron chi connectivity index (χ3n) is 3.39. The molecule has 1 N–H and O–H groups in total. The SMILES string of the molecule is CNc1snnc1CN1CCCC(C)(OC)C1. The van der Waals surface area contributed by atoms with E-state index in [9.17, 15) is 0 Å². The van der Waals surface area contributed by atoms with Crippen molar-refractivity contribution in [3.8, 4) is 0 Å². The van der Waals surface area contributed by atoms with E-state index in [1.165, 1.54) is 18.0 Å². The van der Waals surface area contributed by atoms with Gasteiger partial charge in [0.25, 0.3) is 0 Å². The van der Waals surface area contributed by atoms with Crippen molar-refractivity contribution in [3.05, 3.63) is 5.69 Å². The molecule has 1 unspecified atom stereocenters. The Labute approximate surface area is 106 Å². The van der Waals surface area contributed by atoms with Gasteiger partial charge in [-0.15, -0.1) is 5.10 Å². The maximum Gasteiger partial charge on any atom is 0.134 e. The second kappa shape index (κ2) is 5.29. The van der Waals surface area contributed by atoms with Gasteiger partial charge in [0.1, 0.15) is 10.7 Å². The van der Waals surface area contributed by atoms with Crippen LogP contribution in [0.2, 0.25) is 0 Å². The molecular weight excluding hydrogens is 236 g/mol. The van der Waals surface area contributed by atoms with Crippen LogP contribution in [0.25, 0.3) is 0 Å². The molecule has 1 aliphatic heterocycles. The maximum atomic E-state index is 5.59. The highest BCUT2D eigenvalue weighted by Gasteiger charge is 2.31. The smallest absolute Gasteiger partial charge is 0.134 e. The molecular formula is C11H20N4OS. The summed E-state index contributed by atoms with van der Waals surface area (Å²) in [6.45, 7) is 5.10. The van der Waals surface area contributed by atoms with Gasteiger partial charge >= 0.3 is 0 Å². The molecule has 0 aliphatic carbocycles. The number of aromatic nitrogens is 2. The van der Waals surface area contributed by atoms with Gasteiger partial charge in [-0.3, -0.25) is 4.90 Å². The first-order chi connectivity index (χ1) is 8.17. The number of hydrogen-bond acceptors (Lipinski definition) is 6. The van der Waals surface area contributed by atoms with E-state index in [1.807, 2.05) is 7.05 Å². The molecule has 1 aliphatic rings. The number of ether oxygens (including phenoxy) is 1. The van der Waals surface area contributed by atoms with Gasteiger partial charge in [0.05, 0.1) is 5.60 Å². The minimum absolute atomic E-state index is 0.0124. The van der Waals surface area contributed by atoms with Crippen LogP contribution in [0.5, 0.6) is 0 Å². The topological polar surface area (TPSA) is 50.3 Å². The van der Waals surface area contributed by atoms with Gasteiger partial charge in [-0.25, -0.2) is 0 Å². The van der Waals surface area contributed by atoms with Crippen molar-refractivity contribution in [2.75, 3.05) is 32.6 Å². The normalized spacial score (nSPS) is 26.1. The molecule has 0 aromatic carbocycles. The van der Waals surface area contributed by atoms with Crippen LogP contribution >= 0.6 is 11.5 Å². The van der Waals surface area contributed by atoms with Crippen LogP contribution in [0.15, 0.2) is 0 Å². The van der Waals surface area contributed by atoms with Gasteiger partial charge in [0.15, 0.2) is 0 Å². The summed E-state index contributed by atoms with van der Waals surface area (Å²) in [5.74, 6) is 0. The van der Waals surface area contributed by atoms with Crippen molar-refractivity contribution in [3.63, 3.8) is 0 Å². The highest BCUT2D eigenvalue weighted by atomic mass is 32.1. The van der Waals surface area contributed by atoms with Crippen LogP contribution in [-0.4, -0.2) is 47.3 Å². The van der Waals surface area contributed by atoms with Gasteiger partial charge in [-0.05, 0) is 26.3 Å². The Hall–Kier alpha value is -0.720. The first-order valence-electron chi connectivity index (χ1n) is 5.93. The number of nitrogens with zero attached hydrogens (tertiary/aromatic N) is 3. The second-order valence-electron chi connectivity index (χ2n) is 4.77. The summed E-state index contributed by atoms with van der Waals surface area (Å²) in [6.07, 6.45) is 2.31. The molecule has 5 nitrogen and oxygen atoms in total. The number of piperidine rings is 1. The zero-order valence-corrected chi connectivity index (χ0v) is 11.5. The molecule has 0 radical (unpaired) electrons. The Morgan fingerprint density at radius 3 is 3.12 bits per heavy atom. The fraction of sp³-hybridized carbons (Fsp3) is 0.818. The predicted molar refractivity (Wildman–Crippen MR) is 69.4 cm³/mol. The lowest BCUT2D eigenvalue weighted by Crippen LogP contribution is -2.46. The van der Waals surface area contributed by atoms with E-state index in [4.69, 9.17) is 4.74 Å². The molecule has 0 amide bonds. The third-order valence-corrected chi connectivity index (χ3v) is 4.17. The van der Waals surface area contributed by atoms with Crippen LogP contribution < -0.4 is 5.32 Å². The van der Waals surface area contributed by atoms with Crippen molar-refractivity contribution in [1.29, 1.82) is 0 Å². The molecule has 1 atom stereocenters. The molecule has 0 bridgehead atoms. The summed E-state index contributed by atoms with van der Waals surface area (Å²) in [4.78, 5) is 2.39. The molecule has 0 spiro atoms. The van der Waals surface area contributed by atoms with Crippen molar-refractivity contribution < 1.29 is 4.74 Å². The zero-order chi connectivity index (χ0) is 12.3. The Morgan fingerprint density at radius 1 is 1.59 bits per heavy atom. The molecule has 96 valence electrons. The minimum atomic E-state index is -0.0124. The van der Waals surface area contributed by atoms with Gasteiger partial charge < -0.3 is 10.1 Å². The van der Waals surface area contributed by atoms with E-state index < -0.39 is 0 Å². The maximum absolute atomic E-state index is 5.59. The highest BCUT2D eigenvalue weighted by molar-refractivity contribution is 7.10. The molecule has 6 heteroatoms. The third kappa shape index (κ3) is 2.94. The molecule has 0 saturated carbocycles. The van der Waals surface area contributed by atoms with E-state index >= 15 is 0 Å². The van der Waals surface area contributed by atoms with Crippen molar-refractivity contribution in [2.45, 2.75) is 31.9 Å². The lowest BCUT2D eigenvalue weighted by atomic mass is 9.95. The van der Waals surface area contributed by atoms with E-state index in [-0.39, 0.29) is 5.60 Å². The lowest BCUT2D eigenvalue weighted by Gasteiger charge is -2.39. The van der Waals surface area contributed by atoms with Gasteiger partial charge in [0, 0.05) is 38.8 Å². The van der Waals surface area contributed by atoms with Crippen LogP contribution in [0, 0.1) is 0 Å². The number of hydrogen-bond donors (Lipinski definition) is 1. The van der Waals surface area contributed by atoms with Crippen LogP contribution in [-0.2, 0) is 11.3 Å². The van der Waals surface area contributed by atoms with Crippen LogP contribution in [0.3, 0.4) is 0 Å². The quantitative estimate of drug-likeness (QED) is 0.886. The molecule has 17 heavy (non-hydrogen) atoms. The number of nitrogens with one attached hydrogen (secondary N) is 1. The van der Waals surface area contributed by atoms with Gasteiger partial charge in [-0.1, -0.05) is 4.49 Å². The summed E-state index contributed by atoms with van der Waals surface area (Å²) in [7, 11) is 3.71. The summed E-state index contributed by atoms with van der Waals surface area (Å²) < 4.78 is 9.58. The second-order valence-corrected chi connectivity index (χ2v) is 5.52. The Bertz CT molecular complexity index is 370. The van der Waals surface area contributed by atoms with E-state index in [1.54, 1.807) is 7.11 Å². The van der Waals surface area contributed by atoms with E-state index in [2.05, 4.69) is 26.7 Å². The number of likely N-dealkylation sites (tertiary alicyclic amines) is 1. The average Bonchev–Trinajstić information content (AvgIpc) is 2.76. The highest BCUT2D eigenvalue weighted by Crippen LogP contribution is 2.26. The molecule has 1 aromatic heterocycles. The number of anilines is 1. The summed E-state index contributed by atoms with van der Waals surface area (Å²) in [5.41, 5.74) is 1.03. The van der Waals surface area contributed by atoms with Gasteiger partial charge in [0.2, 0.25) is 0 Å². The fourth-order valence-corrected chi connectivity index (χ4v) is 2.85. The average molecular weight is 256 g/mol. The lowest BCUT2D eigenvalue weighted by molar-refractivity contribution is -0.0529. The molecule has 2 heterocycles. The van der Waals surface area contributed by atoms with Crippen LogP contribution in [0.1, 0.15) is 25.5 Å². The minimum Gasteiger partial charge on any atom is -0.377 e. The largest absolute Gasteiger partial charge is 0.377 e. The number of methoxy groups -OCH3 is 1. The predicted octanol–water partition coefficient (Wildman–Crippen LogP) is 1.58. The molecule has 2 rings (SSSR count). The summed E-state index contributed by atoms with van der Waals surface area (Å²) >= 11 is 1.41. The zero-order valence-electron chi connectivity index (χ0n) is 10.7. The van der Waals surface area contributed by atoms with Crippen molar-refractivity contribution in [1.82, 2.24) is 14.5 Å². The first kappa shape index (κ1) is 12.7. The molecule has 1 aromatic rings. The Morgan fingerprint density at radius 2 is 2.41 bits per heavy atom. The monoisotopic (exact) mass is 256 g/mol. The number of rotatable bonds is 4. The standard InChI is InChI=1S/C11H20N4OS/c1-11(16-3)5-4-6-15(8-11)7-9-10(12-2)17-14-13-9/h12H,4-8H2,1-3H3. The summed E-state index contributed by atoms with van der Waals surface area (Å²) in [6, 6.07) is 0. The van der Waals surface area contributed by atoms with E-state index in [0.29, 0.717) is 0 Å². The molecule has 1 saturated heterocycles. The summed E-state index contributed by atoms with van der Waals surface area (Å²) in [5, 5.41) is 8.38. The fourth-order valence-electron chi connectivity index (χ4n) is 2.32. The Kier molecular flexibility index (Phi) is 3.96. The van der Waals surface area contributed by atoms with Crippen LogP contribution in [0.4, 0.5) is 5.00 Å². The first-order valence-corrected chi connectivity index (χ1v) is 6.71. The Balaban J connectivity index is 1.99. The van der Waals surface area contributed by atoms with Gasteiger partial charge in [-0.2, -0.15) is 0 Å². The van der Waals surface area contributed by atoms with E-state index in [0.717, 1.165) is 36.8 Å².